The second kappa shape index (κ2) is 5.10. The van der Waals surface area contributed by atoms with Crippen LogP contribution in [0.2, 0.25) is 0 Å². The zero-order valence-corrected chi connectivity index (χ0v) is 12.6. The molecule has 2 aromatic carbocycles. The average Bonchev–Trinajstić information content (AvgIpc) is 3.19. The Morgan fingerprint density at radius 1 is 1.16 bits per heavy atom. The van der Waals surface area contributed by atoms with Crippen LogP contribution >= 0.6 is 15.9 Å². The molecule has 0 radical (unpaired) electrons. The Kier molecular flexibility index (Phi) is 3.46. The van der Waals surface area contributed by atoms with Gasteiger partial charge >= 0.3 is 0 Å². The lowest BCUT2D eigenvalue weighted by molar-refractivity contribution is 0.613. The van der Waals surface area contributed by atoms with E-state index in [1.54, 1.807) is 0 Å². The van der Waals surface area contributed by atoms with Gasteiger partial charge in [-0.15, -0.1) is 0 Å². The molecule has 2 heteroatoms. The highest BCUT2D eigenvalue weighted by Gasteiger charge is 2.43. The first-order chi connectivity index (χ1) is 9.16. The third-order valence-corrected chi connectivity index (χ3v) is 4.73. The number of benzene rings is 2. The van der Waals surface area contributed by atoms with E-state index in [4.69, 9.17) is 5.73 Å². The van der Waals surface area contributed by atoms with Crippen molar-refractivity contribution in [3.63, 3.8) is 0 Å². The van der Waals surface area contributed by atoms with E-state index in [0.717, 1.165) is 4.47 Å². The van der Waals surface area contributed by atoms with Crippen molar-refractivity contribution < 1.29 is 0 Å². The van der Waals surface area contributed by atoms with E-state index in [-0.39, 0.29) is 6.04 Å². The molecule has 1 aliphatic carbocycles. The molecule has 1 fully saturated rings. The molecule has 2 N–H and O–H groups in total. The van der Waals surface area contributed by atoms with Crippen LogP contribution in [0.3, 0.4) is 0 Å². The van der Waals surface area contributed by atoms with Crippen molar-refractivity contribution in [2.45, 2.75) is 25.3 Å². The highest BCUT2D eigenvalue weighted by Crippen LogP contribution is 2.53. The van der Waals surface area contributed by atoms with Gasteiger partial charge in [-0.3, -0.25) is 0 Å². The molecule has 0 aliphatic heterocycles. The third-order valence-electron chi connectivity index (χ3n) is 4.04. The lowest BCUT2D eigenvalue weighted by Crippen LogP contribution is -2.14. The Bertz CT molecular complexity index is 579. The summed E-state index contributed by atoms with van der Waals surface area (Å²) in [7, 11) is 0. The number of nitrogens with two attached hydrogens (primary N) is 1. The van der Waals surface area contributed by atoms with Gasteiger partial charge in [0.1, 0.15) is 0 Å². The average molecular weight is 316 g/mol. The van der Waals surface area contributed by atoms with E-state index in [0.29, 0.717) is 11.8 Å². The summed E-state index contributed by atoms with van der Waals surface area (Å²) in [6.07, 6.45) is 1.20. The van der Waals surface area contributed by atoms with Crippen molar-refractivity contribution in [2.24, 2.45) is 11.7 Å². The van der Waals surface area contributed by atoms with Crippen molar-refractivity contribution in [1.82, 2.24) is 0 Å². The van der Waals surface area contributed by atoms with Gasteiger partial charge in [-0.2, -0.15) is 0 Å². The van der Waals surface area contributed by atoms with E-state index in [2.05, 4.69) is 71.4 Å². The van der Waals surface area contributed by atoms with Crippen molar-refractivity contribution in [2.75, 3.05) is 0 Å². The number of aryl methyl sites for hydroxylation is 1. The van der Waals surface area contributed by atoms with Crippen LogP contribution in [0.15, 0.2) is 53.0 Å². The standard InChI is InChI=1S/C17H18BrN/c1-11-7-8-13(16(18)9-11)17(19)15-10-14(15)12-5-3-2-4-6-12/h2-9,14-15,17H,10,19H2,1H3. The smallest absolute Gasteiger partial charge is 0.0340 e. The largest absolute Gasteiger partial charge is 0.324 e. The predicted molar refractivity (Wildman–Crippen MR) is 83.1 cm³/mol. The van der Waals surface area contributed by atoms with Gasteiger partial charge in [-0.25, -0.2) is 0 Å². The molecule has 0 saturated heterocycles. The van der Waals surface area contributed by atoms with Crippen molar-refractivity contribution in [3.05, 3.63) is 69.7 Å². The molecule has 0 amide bonds. The van der Waals surface area contributed by atoms with Gasteiger partial charge in [0.2, 0.25) is 0 Å². The van der Waals surface area contributed by atoms with Crippen LogP contribution in [0.25, 0.3) is 0 Å². The molecule has 3 rings (SSSR count). The minimum Gasteiger partial charge on any atom is -0.324 e. The molecule has 3 unspecified atom stereocenters. The first-order valence-corrected chi connectivity index (χ1v) is 7.52. The Labute approximate surface area is 123 Å². The molecule has 1 nitrogen and oxygen atoms in total. The predicted octanol–water partition coefficient (Wildman–Crippen LogP) is 4.56. The van der Waals surface area contributed by atoms with Gasteiger partial charge < -0.3 is 5.73 Å². The summed E-state index contributed by atoms with van der Waals surface area (Å²) in [5.74, 6) is 1.20. The monoisotopic (exact) mass is 315 g/mol. The fourth-order valence-corrected chi connectivity index (χ4v) is 3.59. The molecule has 19 heavy (non-hydrogen) atoms. The van der Waals surface area contributed by atoms with Crippen LogP contribution in [0.1, 0.15) is 35.1 Å². The first kappa shape index (κ1) is 12.9. The maximum atomic E-state index is 6.45. The Morgan fingerprint density at radius 3 is 2.58 bits per heavy atom. The Balaban J connectivity index is 1.78. The second-order valence-corrected chi connectivity index (χ2v) is 6.32. The quantitative estimate of drug-likeness (QED) is 0.882. The summed E-state index contributed by atoms with van der Waals surface area (Å²) < 4.78 is 1.14. The fourth-order valence-electron chi connectivity index (χ4n) is 2.83. The summed E-state index contributed by atoms with van der Waals surface area (Å²) in [5, 5.41) is 0. The summed E-state index contributed by atoms with van der Waals surface area (Å²) in [6.45, 7) is 2.10. The minimum absolute atomic E-state index is 0.125. The van der Waals surface area contributed by atoms with Crippen LogP contribution in [-0.2, 0) is 0 Å². The normalized spacial score (nSPS) is 23.1. The molecule has 3 atom stereocenters. The molecule has 0 heterocycles. The molecule has 1 aliphatic rings. The molecular formula is C17H18BrN. The number of halogens is 1. The zero-order valence-electron chi connectivity index (χ0n) is 11.0. The number of rotatable bonds is 3. The Morgan fingerprint density at radius 2 is 1.89 bits per heavy atom. The van der Waals surface area contributed by atoms with Gasteiger partial charge in [0.05, 0.1) is 0 Å². The van der Waals surface area contributed by atoms with Gasteiger partial charge in [-0.1, -0.05) is 58.4 Å². The molecule has 2 aromatic rings. The summed E-state index contributed by atoms with van der Waals surface area (Å²) in [6, 6.07) is 17.3. The highest BCUT2D eigenvalue weighted by molar-refractivity contribution is 9.10. The molecule has 1 saturated carbocycles. The topological polar surface area (TPSA) is 26.0 Å². The van der Waals surface area contributed by atoms with E-state index < -0.39 is 0 Å². The van der Waals surface area contributed by atoms with E-state index in [1.807, 2.05) is 0 Å². The van der Waals surface area contributed by atoms with Crippen molar-refractivity contribution >= 4 is 15.9 Å². The number of hydrogen-bond acceptors (Lipinski definition) is 1. The van der Waals surface area contributed by atoms with E-state index in [9.17, 15) is 0 Å². The van der Waals surface area contributed by atoms with Crippen LogP contribution in [-0.4, -0.2) is 0 Å². The molecule has 0 bridgehead atoms. The summed E-state index contributed by atoms with van der Waals surface area (Å²) in [5.41, 5.74) is 10.4. The lowest BCUT2D eigenvalue weighted by atomic mass is 9.99. The SMILES string of the molecule is Cc1ccc(C(N)C2CC2c2ccccc2)c(Br)c1. The molecule has 98 valence electrons. The van der Waals surface area contributed by atoms with Crippen LogP contribution in [0.5, 0.6) is 0 Å². The van der Waals surface area contributed by atoms with Gasteiger partial charge in [0.15, 0.2) is 0 Å². The Hall–Kier alpha value is -1.12. The summed E-state index contributed by atoms with van der Waals surface area (Å²) >= 11 is 3.64. The van der Waals surface area contributed by atoms with Crippen molar-refractivity contribution in [3.8, 4) is 0 Å². The van der Waals surface area contributed by atoms with Crippen molar-refractivity contribution in [1.29, 1.82) is 0 Å². The van der Waals surface area contributed by atoms with Gasteiger partial charge in [0.25, 0.3) is 0 Å². The second-order valence-electron chi connectivity index (χ2n) is 5.47. The highest BCUT2D eigenvalue weighted by atomic mass is 79.9. The lowest BCUT2D eigenvalue weighted by Gasteiger charge is -2.14. The molecule has 0 aromatic heterocycles. The molecule has 0 spiro atoms. The van der Waals surface area contributed by atoms with Crippen LogP contribution in [0, 0.1) is 12.8 Å². The third kappa shape index (κ3) is 2.60. The zero-order chi connectivity index (χ0) is 13.4. The van der Waals surface area contributed by atoms with Gasteiger partial charge in [-0.05, 0) is 47.9 Å². The van der Waals surface area contributed by atoms with E-state index >= 15 is 0 Å². The number of hydrogen-bond donors (Lipinski definition) is 1. The fraction of sp³-hybridized carbons (Fsp3) is 0.294. The first-order valence-electron chi connectivity index (χ1n) is 6.73. The van der Waals surface area contributed by atoms with Crippen LogP contribution < -0.4 is 5.73 Å². The van der Waals surface area contributed by atoms with Gasteiger partial charge in [0, 0.05) is 10.5 Å². The maximum absolute atomic E-state index is 6.45. The van der Waals surface area contributed by atoms with Crippen LogP contribution in [0.4, 0.5) is 0 Å². The maximum Gasteiger partial charge on any atom is 0.0340 e. The molecular weight excluding hydrogens is 298 g/mol. The minimum atomic E-state index is 0.125. The summed E-state index contributed by atoms with van der Waals surface area (Å²) in [4.78, 5) is 0. The van der Waals surface area contributed by atoms with E-state index in [1.165, 1.54) is 23.1 Å².